The third-order valence-corrected chi connectivity index (χ3v) is 7.41. The number of piperazine rings is 1. The molecule has 0 saturated carbocycles. The molecule has 7 nitrogen and oxygen atoms in total. The monoisotopic (exact) mass is 569 g/mol. The van der Waals surface area contributed by atoms with E-state index < -0.39 is 0 Å². The Morgan fingerprint density at radius 1 is 0.921 bits per heavy atom. The van der Waals surface area contributed by atoms with E-state index in [1.54, 1.807) is 24.3 Å². The van der Waals surface area contributed by atoms with Crippen LogP contribution in [-0.4, -0.2) is 61.4 Å². The summed E-state index contributed by atoms with van der Waals surface area (Å²) in [6.07, 6.45) is 0. The number of hydrogen-bond acceptors (Lipinski definition) is 5. The highest BCUT2D eigenvalue weighted by Gasteiger charge is 2.29. The average Bonchev–Trinajstić information content (AvgIpc) is 3.21. The fraction of sp³-hybridized carbons (Fsp3) is 0.214. The van der Waals surface area contributed by atoms with Crippen molar-refractivity contribution in [2.75, 3.05) is 55.7 Å². The molecule has 0 bridgehead atoms. The highest BCUT2D eigenvalue weighted by Crippen LogP contribution is 2.40. The molecule has 3 aromatic carbocycles. The van der Waals surface area contributed by atoms with Crippen LogP contribution in [0.15, 0.2) is 60.7 Å². The van der Waals surface area contributed by atoms with Gasteiger partial charge in [0, 0.05) is 42.5 Å². The topological polar surface area (TPSA) is 76.7 Å². The Kier molecular flexibility index (Phi) is 7.93. The van der Waals surface area contributed by atoms with Crippen molar-refractivity contribution in [2.45, 2.75) is 0 Å². The molecule has 3 N–H and O–H groups in total. The third kappa shape index (κ3) is 5.82. The minimum atomic E-state index is -0.251. The molecule has 0 aromatic heterocycles. The van der Waals surface area contributed by atoms with Crippen LogP contribution in [0.2, 0.25) is 15.1 Å². The van der Waals surface area contributed by atoms with E-state index in [1.807, 2.05) is 36.4 Å². The van der Waals surface area contributed by atoms with Crippen LogP contribution in [0, 0.1) is 0 Å². The van der Waals surface area contributed by atoms with E-state index in [1.165, 1.54) is 0 Å². The van der Waals surface area contributed by atoms with Crippen molar-refractivity contribution >= 4 is 74.9 Å². The molecule has 196 valence electrons. The number of fused-ring (bicyclic) bond motifs is 1. The molecule has 38 heavy (non-hydrogen) atoms. The van der Waals surface area contributed by atoms with Gasteiger partial charge in [-0.2, -0.15) is 0 Å². The highest BCUT2D eigenvalue weighted by molar-refractivity contribution is 6.41. The summed E-state index contributed by atoms with van der Waals surface area (Å²) in [5.74, 6) is -0.428. The summed E-state index contributed by atoms with van der Waals surface area (Å²) in [6.45, 7) is 3.76. The zero-order chi connectivity index (χ0) is 26.8. The summed E-state index contributed by atoms with van der Waals surface area (Å²) in [5, 5.41) is 10.2. The molecule has 0 radical (unpaired) electrons. The minimum Gasteiger partial charge on any atom is -0.354 e. The van der Waals surface area contributed by atoms with Gasteiger partial charge in [0.25, 0.3) is 5.91 Å². The number of amides is 2. The lowest BCUT2D eigenvalue weighted by Gasteiger charge is -2.31. The summed E-state index contributed by atoms with van der Waals surface area (Å²) in [5.41, 5.74) is 4.15. The first-order valence-corrected chi connectivity index (χ1v) is 13.3. The fourth-order valence-corrected chi connectivity index (χ4v) is 5.33. The van der Waals surface area contributed by atoms with E-state index >= 15 is 0 Å². The van der Waals surface area contributed by atoms with Crippen LogP contribution in [0.1, 0.15) is 11.1 Å². The summed E-state index contributed by atoms with van der Waals surface area (Å²) in [7, 11) is 2.07. The Morgan fingerprint density at radius 3 is 2.29 bits per heavy atom. The largest absolute Gasteiger partial charge is 0.354 e. The van der Waals surface area contributed by atoms with Crippen LogP contribution < -0.4 is 16.0 Å². The van der Waals surface area contributed by atoms with Gasteiger partial charge >= 0.3 is 0 Å². The van der Waals surface area contributed by atoms with Crippen LogP contribution in [0.3, 0.4) is 0 Å². The number of nitrogens with one attached hydrogen (secondary N) is 3. The van der Waals surface area contributed by atoms with Crippen molar-refractivity contribution in [3.05, 3.63) is 86.9 Å². The number of halogens is 3. The van der Waals surface area contributed by atoms with Crippen molar-refractivity contribution < 1.29 is 9.59 Å². The van der Waals surface area contributed by atoms with E-state index in [4.69, 9.17) is 34.8 Å². The molecule has 2 aliphatic heterocycles. The van der Waals surface area contributed by atoms with Gasteiger partial charge in [-0.25, -0.2) is 0 Å². The number of carbonyl (C=O) groups is 2. The van der Waals surface area contributed by atoms with Gasteiger partial charge in [0.15, 0.2) is 0 Å². The quantitative estimate of drug-likeness (QED) is 0.328. The first-order valence-electron chi connectivity index (χ1n) is 12.2. The minimum absolute atomic E-state index is 0.177. The standard InChI is InChI=1S/C28H26Cl3N5O2/c1-35-9-11-36(12-10-35)16-24(37)34-27-21(30)14-19(15-22(27)31)32-26(17-5-3-2-4-6-17)25-20-8-7-18(29)13-23(20)33-28(25)38/h2-8,13-15,32H,9-12,16H2,1H3,(H,33,38)(H,34,37). The average molecular weight is 571 g/mol. The van der Waals surface area contributed by atoms with Crippen molar-refractivity contribution in [3.63, 3.8) is 0 Å². The summed E-state index contributed by atoms with van der Waals surface area (Å²) < 4.78 is 0. The Labute approximate surface area is 236 Å². The second-order valence-corrected chi connectivity index (χ2v) is 10.6. The molecule has 1 saturated heterocycles. The first kappa shape index (κ1) is 26.5. The number of benzene rings is 3. The maximum absolute atomic E-state index is 13.1. The molecule has 2 amide bonds. The molecular weight excluding hydrogens is 545 g/mol. The number of hydrogen-bond donors (Lipinski definition) is 3. The summed E-state index contributed by atoms with van der Waals surface area (Å²) in [4.78, 5) is 30.1. The lowest BCUT2D eigenvalue weighted by Crippen LogP contribution is -2.47. The van der Waals surface area contributed by atoms with Gasteiger partial charge in [-0.3, -0.25) is 14.5 Å². The second kappa shape index (κ2) is 11.4. The number of likely N-dealkylation sites (N-methyl/N-ethyl adjacent to an activating group) is 1. The Morgan fingerprint density at radius 2 is 1.61 bits per heavy atom. The Hall–Kier alpha value is -3.07. The van der Waals surface area contributed by atoms with Crippen molar-refractivity contribution in [3.8, 4) is 0 Å². The molecule has 0 spiro atoms. The van der Waals surface area contributed by atoms with Crippen molar-refractivity contribution in [1.29, 1.82) is 0 Å². The number of nitrogens with zero attached hydrogens (tertiary/aromatic N) is 2. The number of rotatable bonds is 6. The molecular formula is C28H26Cl3N5O2. The highest BCUT2D eigenvalue weighted by atomic mass is 35.5. The van der Waals surface area contributed by atoms with Gasteiger partial charge in [-0.1, -0.05) is 71.2 Å². The molecule has 1 fully saturated rings. The van der Waals surface area contributed by atoms with E-state index in [9.17, 15) is 9.59 Å². The molecule has 2 aliphatic rings. The molecule has 10 heteroatoms. The summed E-state index contributed by atoms with van der Waals surface area (Å²) >= 11 is 19.3. The lowest BCUT2D eigenvalue weighted by atomic mass is 10.00. The van der Waals surface area contributed by atoms with Gasteiger partial charge in [0.1, 0.15) is 0 Å². The molecule has 0 unspecified atom stereocenters. The maximum atomic E-state index is 13.1. The van der Waals surface area contributed by atoms with Crippen LogP contribution in [0.4, 0.5) is 17.1 Å². The molecule has 5 rings (SSSR count). The zero-order valence-corrected chi connectivity index (χ0v) is 22.9. The lowest BCUT2D eigenvalue weighted by molar-refractivity contribution is -0.117. The van der Waals surface area contributed by atoms with Crippen LogP contribution >= 0.6 is 34.8 Å². The van der Waals surface area contributed by atoms with E-state index in [0.717, 1.165) is 37.3 Å². The fourth-order valence-electron chi connectivity index (χ4n) is 4.57. The Bertz CT molecular complexity index is 1400. The molecule has 0 atom stereocenters. The SMILES string of the molecule is CN1CCN(CC(=O)Nc2c(Cl)cc(NC(=C3C(=O)Nc4cc(Cl)ccc43)c3ccccc3)cc2Cl)CC1. The second-order valence-electron chi connectivity index (χ2n) is 9.33. The van der Waals surface area contributed by atoms with Crippen LogP contribution in [0.25, 0.3) is 11.3 Å². The first-order chi connectivity index (χ1) is 18.3. The summed E-state index contributed by atoms with van der Waals surface area (Å²) in [6, 6.07) is 18.2. The van der Waals surface area contributed by atoms with Gasteiger partial charge in [-0.05, 0) is 36.9 Å². The van der Waals surface area contributed by atoms with Crippen LogP contribution in [-0.2, 0) is 9.59 Å². The zero-order valence-electron chi connectivity index (χ0n) is 20.7. The van der Waals surface area contributed by atoms with E-state index in [0.29, 0.717) is 33.4 Å². The van der Waals surface area contributed by atoms with Crippen molar-refractivity contribution in [2.24, 2.45) is 0 Å². The molecule has 0 aliphatic carbocycles. The molecule has 3 aromatic rings. The van der Waals surface area contributed by atoms with Gasteiger partial charge in [-0.15, -0.1) is 0 Å². The third-order valence-electron chi connectivity index (χ3n) is 6.58. The number of anilines is 3. The van der Waals surface area contributed by atoms with E-state index in [-0.39, 0.29) is 28.4 Å². The smallest absolute Gasteiger partial charge is 0.258 e. The maximum Gasteiger partial charge on any atom is 0.258 e. The van der Waals surface area contributed by atoms with E-state index in [2.05, 4.69) is 32.8 Å². The molecule has 2 heterocycles. The van der Waals surface area contributed by atoms with Gasteiger partial charge in [0.05, 0.1) is 39.2 Å². The predicted octanol–water partition coefficient (Wildman–Crippen LogP) is 5.77. The van der Waals surface area contributed by atoms with Gasteiger partial charge < -0.3 is 20.9 Å². The van der Waals surface area contributed by atoms with Gasteiger partial charge in [0.2, 0.25) is 5.91 Å². The normalized spacial score (nSPS) is 17.1. The Balaban J connectivity index is 1.43. The predicted molar refractivity (Wildman–Crippen MR) is 156 cm³/mol. The van der Waals surface area contributed by atoms with Crippen molar-refractivity contribution in [1.82, 2.24) is 9.80 Å². The number of carbonyl (C=O) groups excluding carboxylic acids is 2. The van der Waals surface area contributed by atoms with Crippen LogP contribution in [0.5, 0.6) is 0 Å².